The van der Waals surface area contributed by atoms with Gasteiger partial charge in [-0.05, 0) is 42.9 Å². The number of carbonyl (C=O) groups is 2. The standard InChI is InChI=1S/C25H31ClN2O2/c1-2-23(25(30)27-21-13-7-8-14-21)28(18-20-12-6-9-15-22(20)26)24(29)17-16-19-10-4-3-5-11-19/h3-6,9-12,15,21,23H,2,7-8,13-14,16-18H2,1H3,(H,27,30)/t23-/m0/s1. The van der Waals surface area contributed by atoms with Crippen LogP contribution < -0.4 is 5.32 Å². The Morgan fingerprint density at radius 2 is 1.73 bits per heavy atom. The quantitative estimate of drug-likeness (QED) is 0.603. The van der Waals surface area contributed by atoms with E-state index in [2.05, 4.69) is 5.32 Å². The van der Waals surface area contributed by atoms with Crippen molar-refractivity contribution < 1.29 is 9.59 Å². The van der Waals surface area contributed by atoms with Gasteiger partial charge < -0.3 is 10.2 Å². The zero-order valence-electron chi connectivity index (χ0n) is 17.6. The van der Waals surface area contributed by atoms with Crippen LogP contribution in [-0.4, -0.2) is 28.8 Å². The summed E-state index contributed by atoms with van der Waals surface area (Å²) in [7, 11) is 0. The highest BCUT2D eigenvalue weighted by molar-refractivity contribution is 6.31. The minimum absolute atomic E-state index is 0.0211. The molecule has 1 atom stereocenters. The van der Waals surface area contributed by atoms with Gasteiger partial charge in [0, 0.05) is 24.0 Å². The number of amides is 2. The number of benzene rings is 2. The molecule has 5 heteroatoms. The van der Waals surface area contributed by atoms with E-state index >= 15 is 0 Å². The smallest absolute Gasteiger partial charge is 0.243 e. The number of aryl methyl sites for hydroxylation is 1. The van der Waals surface area contributed by atoms with Gasteiger partial charge in [-0.25, -0.2) is 0 Å². The molecule has 0 saturated heterocycles. The van der Waals surface area contributed by atoms with Gasteiger partial charge in [-0.2, -0.15) is 0 Å². The summed E-state index contributed by atoms with van der Waals surface area (Å²) in [5, 5.41) is 3.79. The predicted molar refractivity (Wildman–Crippen MR) is 121 cm³/mol. The van der Waals surface area contributed by atoms with Gasteiger partial charge in [0.15, 0.2) is 0 Å². The Hall–Kier alpha value is -2.33. The average molecular weight is 427 g/mol. The summed E-state index contributed by atoms with van der Waals surface area (Å²) in [5.41, 5.74) is 1.98. The van der Waals surface area contributed by atoms with Crippen LogP contribution in [0.3, 0.4) is 0 Å². The molecule has 0 aliphatic heterocycles. The third-order valence-corrected chi connectivity index (χ3v) is 6.23. The van der Waals surface area contributed by atoms with Crippen molar-refractivity contribution in [2.24, 2.45) is 0 Å². The van der Waals surface area contributed by atoms with Crippen molar-refractivity contribution in [1.82, 2.24) is 10.2 Å². The summed E-state index contributed by atoms with van der Waals surface area (Å²) >= 11 is 6.37. The zero-order chi connectivity index (χ0) is 21.3. The SMILES string of the molecule is CC[C@@H](C(=O)NC1CCCC1)N(Cc1ccccc1Cl)C(=O)CCc1ccccc1. The lowest BCUT2D eigenvalue weighted by Crippen LogP contribution is -2.51. The number of nitrogens with zero attached hydrogens (tertiary/aromatic N) is 1. The fraction of sp³-hybridized carbons (Fsp3) is 0.440. The molecule has 1 N–H and O–H groups in total. The van der Waals surface area contributed by atoms with Crippen molar-refractivity contribution in [2.45, 2.75) is 70.5 Å². The Kier molecular flexibility index (Phi) is 8.32. The van der Waals surface area contributed by atoms with E-state index < -0.39 is 6.04 Å². The van der Waals surface area contributed by atoms with Gasteiger partial charge in [-0.3, -0.25) is 9.59 Å². The maximum atomic E-state index is 13.3. The van der Waals surface area contributed by atoms with Crippen LogP contribution in [0.4, 0.5) is 0 Å². The molecule has 1 fully saturated rings. The van der Waals surface area contributed by atoms with Crippen LogP contribution in [-0.2, 0) is 22.6 Å². The molecule has 160 valence electrons. The van der Waals surface area contributed by atoms with Crippen molar-refractivity contribution in [3.8, 4) is 0 Å². The van der Waals surface area contributed by atoms with E-state index in [1.165, 1.54) is 0 Å². The molecule has 1 aliphatic carbocycles. The van der Waals surface area contributed by atoms with Crippen molar-refractivity contribution in [3.05, 3.63) is 70.7 Å². The van der Waals surface area contributed by atoms with Gasteiger partial charge in [-0.15, -0.1) is 0 Å². The van der Waals surface area contributed by atoms with Crippen LogP contribution in [0.2, 0.25) is 5.02 Å². The molecular formula is C25H31ClN2O2. The van der Waals surface area contributed by atoms with Crippen LogP contribution in [0.15, 0.2) is 54.6 Å². The normalized spacial score (nSPS) is 15.0. The largest absolute Gasteiger partial charge is 0.352 e. The molecule has 1 saturated carbocycles. The second kappa shape index (κ2) is 11.2. The highest BCUT2D eigenvalue weighted by Gasteiger charge is 2.30. The monoisotopic (exact) mass is 426 g/mol. The topological polar surface area (TPSA) is 49.4 Å². The number of carbonyl (C=O) groups excluding carboxylic acids is 2. The molecule has 0 aromatic heterocycles. The van der Waals surface area contributed by atoms with Gasteiger partial charge in [0.05, 0.1) is 0 Å². The third-order valence-electron chi connectivity index (χ3n) is 5.86. The second-order valence-electron chi connectivity index (χ2n) is 8.01. The van der Waals surface area contributed by atoms with Gasteiger partial charge in [0.1, 0.15) is 6.04 Å². The van der Waals surface area contributed by atoms with Crippen molar-refractivity contribution in [1.29, 1.82) is 0 Å². The van der Waals surface area contributed by atoms with Crippen LogP contribution >= 0.6 is 11.6 Å². The molecule has 2 aromatic rings. The molecule has 0 radical (unpaired) electrons. The van der Waals surface area contributed by atoms with Crippen LogP contribution in [0, 0.1) is 0 Å². The minimum atomic E-state index is -0.495. The van der Waals surface area contributed by atoms with Crippen LogP contribution in [0.5, 0.6) is 0 Å². The highest BCUT2D eigenvalue weighted by Crippen LogP contribution is 2.22. The van der Waals surface area contributed by atoms with Crippen molar-refractivity contribution in [2.75, 3.05) is 0 Å². The Morgan fingerprint density at radius 1 is 1.07 bits per heavy atom. The Labute approximate surface area is 184 Å². The first kappa shape index (κ1) is 22.4. The molecule has 0 bridgehead atoms. The first-order chi connectivity index (χ1) is 14.6. The van der Waals surface area contributed by atoms with E-state index in [1.54, 1.807) is 4.90 Å². The van der Waals surface area contributed by atoms with Crippen LogP contribution in [0.1, 0.15) is 56.6 Å². The fourth-order valence-electron chi connectivity index (χ4n) is 4.14. The molecule has 30 heavy (non-hydrogen) atoms. The zero-order valence-corrected chi connectivity index (χ0v) is 18.4. The number of hydrogen-bond acceptors (Lipinski definition) is 2. The molecule has 2 aromatic carbocycles. The number of rotatable bonds is 9. The Bertz CT molecular complexity index is 834. The van der Waals surface area contributed by atoms with E-state index in [-0.39, 0.29) is 17.9 Å². The van der Waals surface area contributed by atoms with Gasteiger partial charge >= 0.3 is 0 Å². The van der Waals surface area contributed by atoms with Crippen LogP contribution in [0.25, 0.3) is 0 Å². The maximum absolute atomic E-state index is 13.3. The molecular weight excluding hydrogens is 396 g/mol. The number of nitrogens with one attached hydrogen (secondary N) is 1. The van der Waals surface area contributed by atoms with E-state index in [0.29, 0.717) is 30.8 Å². The Balaban J connectivity index is 1.76. The van der Waals surface area contributed by atoms with Gasteiger partial charge in [0.25, 0.3) is 0 Å². The minimum Gasteiger partial charge on any atom is -0.352 e. The number of hydrogen-bond donors (Lipinski definition) is 1. The summed E-state index contributed by atoms with van der Waals surface area (Å²) in [6, 6.07) is 17.2. The first-order valence-electron chi connectivity index (χ1n) is 11.0. The molecule has 2 amide bonds. The Morgan fingerprint density at radius 3 is 2.40 bits per heavy atom. The lowest BCUT2D eigenvalue weighted by Gasteiger charge is -2.32. The summed E-state index contributed by atoms with van der Waals surface area (Å²) in [6.07, 6.45) is 5.94. The van der Waals surface area contributed by atoms with Gasteiger partial charge in [0.2, 0.25) is 11.8 Å². The third kappa shape index (κ3) is 6.09. The predicted octanol–water partition coefficient (Wildman–Crippen LogP) is 5.14. The molecule has 0 spiro atoms. The summed E-state index contributed by atoms with van der Waals surface area (Å²) in [4.78, 5) is 28.1. The molecule has 0 unspecified atom stereocenters. The molecule has 4 nitrogen and oxygen atoms in total. The first-order valence-corrected chi connectivity index (χ1v) is 11.3. The second-order valence-corrected chi connectivity index (χ2v) is 8.42. The van der Waals surface area contributed by atoms with E-state index in [0.717, 1.165) is 36.8 Å². The van der Waals surface area contributed by atoms with Crippen molar-refractivity contribution in [3.63, 3.8) is 0 Å². The van der Waals surface area contributed by atoms with E-state index in [1.807, 2.05) is 61.5 Å². The van der Waals surface area contributed by atoms with E-state index in [4.69, 9.17) is 11.6 Å². The lowest BCUT2D eigenvalue weighted by atomic mass is 10.1. The number of halogens is 1. The lowest BCUT2D eigenvalue weighted by molar-refractivity contribution is -0.141. The highest BCUT2D eigenvalue weighted by atomic mass is 35.5. The summed E-state index contributed by atoms with van der Waals surface area (Å²) < 4.78 is 0. The van der Waals surface area contributed by atoms with Crippen molar-refractivity contribution >= 4 is 23.4 Å². The van der Waals surface area contributed by atoms with Gasteiger partial charge in [-0.1, -0.05) is 79.9 Å². The summed E-state index contributed by atoms with van der Waals surface area (Å²) in [6.45, 7) is 2.30. The maximum Gasteiger partial charge on any atom is 0.243 e. The fourth-order valence-corrected chi connectivity index (χ4v) is 4.33. The summed E-state index contributed by atoms with van der Waals surface area (Å²) in [5.74, 6) is -0.0725. The van der Waals surface area contributed by atoms with E-state index in [9.17, 15) is 9.59 Å². The molecule has 3 rings (SSSR count). The molecule has 1 aliphatic rings. The molecule has 0 heterocycles. The average Bonchev–Trinajstić information content (AvgIpc) is 3.27.